The molecule has 0 aliphatic carbocycles. The lowest BCUT2D eigenvalue weighted by Gasteiger charge is -2.22. The molecule has 1 saturated heterocycles. The smallest absolute Gasteiger partial charge is 0.347 e. The number of hydrogen-bond donors (Lipinski definition) is 2. The number of nitrogens with zero attached hydrogens (tertiary/aromatic N) is 1. The molecule has 0 saturated carbocycles. The number of nitrogens with one attached hydrogen (secondary N) is 3. The van der Waals surface area contributed by atoms with E-state index in [1.54, 1.807) is 30.5 Å². The molecule has 0 radical (unpaired) electrons. The van der Waals surface area contributed by atoms with Gasteiger partial charge in [-0.3, -0.25) is 15.0 Å². The highest BCUT2D eigenvalue weighted by molar-refractivity contribution is 6.02. The second kappa shape index (κ2) is 9.84. The zero-order valence-corrected chi connectivity index (χ0v) is 17.0. The van der Waals surface area contributed by atoms with Gasteiger partial charge in [-0.25, -0.2) is 14.6 Å². The van der Waals surface area contributed by atoms with Crippen LogP contribution in [0.4, 0.5) is 16.3 Å². The van der Waals surface area contributed by atoms with Crippen molar-refractivity contribution in [3.63, 3.8) is 0 Å². The van der Waals surface area contributed by atoms with Crippen molar-refractivity contribution in [2.24, 2.45) is 0 Å². The first-order chi connectivity index (χ1) is 14.4. The summed E-state index contributed by atoms with van der Waals surface area (Å²) in [6.45, 7) is 5.72. The number of carbonyl (C=O) groups excluding carboxylic acids is 3. The largest absolute Gasteiger partial charge is 0.452 e. The highest BCUT2D eigenvalue weighted by Gasteiger charge is 2.27. The van der Waals surface area contributed by atoms with Gasteiger partial charge in [-0.1, -0.05) is 6.07 Å². The van der Waals surface area contributed by atoms with E-state index in [4.69, 9.17) is 9.47 Å². The lowest BCUT2D eigenvalue weighted by molar-refractivity contribution is -0.364. The normalized spacial score (nSPS) is 13.5. The number of benzene rings is 1. The quantitative estimate of drug-likeness (QED) is 0.718. The lowest BCUT2D eigenvalue weighted by atomic mass is 10.1. The number of carbonyl (C=O) groups is 3. The lowest BCUT2D eigenvalue weighted by Crippen LogP contribution is -2.41. The Labute approximate surface area is 174 Å². The number of imide groups is 1. The number of ether oxygens (including phenoxy) is 2. The van der Waals surface area contributed by atoms with E-state index >= 15 is 0 Å². The number of rotatable bonds is 5. The molecule has 0 atom stereocenters. The third kappa shape index (κ3) is 5.54. The number of aromatic nitrogens is 1. The number of morpholine rings is 1. The highest BCUT2D eigenvalue weighted by Crippen LogP contribution is 2.17. The standard InChI is InChI=1S/C21H24N4O5/c1-14-5-6-16(12-15(14)2)23-21(28)24-18(26)13-30-20(27)17-4-3-7-22-19(17)25-8-10-29-11-9-25/h3-7,12H,8-11,13H2,1-2H3,(H2,23,24,26,28)/p+1. The first-order valence-corrected chi connectivity index (χ1v) is 9.62. The number of hydrogen-bond acceptors (Lipinski definition) is 6. The van der Waals surface area contributed by atoms with Crippen LogP contribution in [0.3, 0.4) is 0 Å². The molecule has 2 heterocycles. The SMILES string of the molecule is Cc1ccc(NC(=O)NC(=O)COC(=O)c2ccc[nH+]c2N2CCOCC2)cc1C. The van der Waals surface area contributed by atoms with Crippen molar-refractivity contribution in [2.75, 3.05) is 43.1 Å². The summed E-state index contributed by atoms with van der Waals surface area (Å²) in [6.07, 6.45) is 1.71. The Morgan fingerprint density at radius 1 is 1.13 bits per heavy atom. The van der Waals surface area contributed by atoms with E-state index in [0.717, 1.165) is 11.1 Å². The summed E-state index contributed by atoms with van der Waals surface area (Å²) in [7, 11) is 0. The minimum atomic E-state index is -0.725. The van der Waals surface area contributed by atoms with Crippen molar-refractivity contribution in [3.8, 4) is 0 Å². The van der Waals surface area contributed by atoms with E-state index in [0.29, 0.717) is 43.4 Å². The van der Waals surface area contributed by atoms with Crippen LogP contribution in [0.2, 0.25) is 0 Å². The molecule has 3 rings (SSSR count). The molecule has 158 valence electrons. The van der Waals surface area contributed by atoms with Crippen molar-refractivity contribution in [2.45, 2.75) is 13.8 Å². The maximum atomic E-state index is 12.5. The molecule has 2 aromatic rings. The number of pyridine rings is 1. The summed E-state index contributed by atoms with van der Waals surface area (Å²) in [4.78, 5) is 41.5. The van der Waals surface area contributed by atoms with Gasteiger partial charge >= 0.3 is 12.0 Å². The fourth-order valence-corrected chi connectivity index (χ4v) is 2.99. The zero-order valence-electron chi connectivity index (χ0n) is 17.0. The molecular formula is C21H25N4O5+. The fourth-order valence-electron chi connectivity index (χ4n) is 2.99. The third-order valence-electron chi connectivity index (χ3n) is 4.73. The molecule has 1 aliphatic rings. The third-order valence-corrected chi connectivity index (χ3v) is 4.73. The molecule has 3 N–H and O–H groups in total. The van der Waals surface area contributed by atoms with Gasteiger partial charge in [-0.05, 0) is 49.2 Å². The first-order valence-electron chi connectivity index (χ1n) is 9.62. The summed E-state index contributed by atoms with van der Waals surface area (Å²) >= 11 is 0. The minimum Gasteiger partial charge on any atom is -0.452 e. The molecule has 0 bridgehead atoms. The molecule has 0 spiro atoms. The maximum Gasteiger partial charge on any atom is 0.347 e. The van der Waals surface area contributed by atoms with Gasteiger partial charge in [0.1, 0.15) is 18.7 Å². The number of aromatic amines is 1. The van der Waals surface area contributed by atoms with Gasteiger partial charge in [0, 0.05) is 5.69 Å². The first kappa shape index (κ1) is 21.3. The van der Waals surface area contributed by atoms with Gasteiger partial charge in [-0.15, -0.1) is 0 Å². The predicted molar refractivity (Wildman–Crippen MR) is 109 cm³/mol. The number of H-pyrrole nitrogens is 1. The Bertz CT molecular complexity index is 941. The van der Waals surface area contributed by atoms with Gasteiger partial charge in [0.05, 0.1) is 19.4 Å². The number of anilines is 2. The molecule has 30 heavy (non-hydrogen) atoms. The molecule has 1 aliphatic heterocycles. The monoisotopic (exact) mass is 413 g/mol. The Morgan fingerprint density at radius 2 is 1.90 bits per heavy atom. The summed E-state index contributed by atoms with van der Waals surface area (Å²) in [5.41, 5.74) is 2.99. The van der Waals surface area contributed by atoms with Crippen molar-refractivity contribution in [1.29, 1.82) is 0 Å². The van der Waals surface area contributed by atoms with Crippen LogP contribution in [0.5, 0.6) is 0 Å². The van der Waals surface area contributed by atoms with Gasteiger partial charge in [0.2, 0.25) is 0 Å². The van der Waals surface area contributed by atoms with Crippen LogP contribution in [0.1, 0.15) is 21.5 Å². The maximum absolute atomic E-state index is 12.5. The average molecular weight is 413 g/mol. The van der Waals surface area contributed by atoms with E-state index in [-0.39, 0.29) is 0 Å². The van der Waals surface area contributed by atoms with E-state index < -0.39 is 24.5 Å². The Hall–Kier alpha value is -3.46. The molecule has 9 heteroatoms. The second-order valence-corrected chi connectivity index (χ2v) is 6.91. The number of esters is 1. The summed E-state index contributed by atoms with van der Waals surface area (Å²) in [6, 6.07) is 8.02. The molecule has 1 fully saturated rings. The molecule has 1 aromatic carbocycles. The zero-order chi connectivity index (χ0) is 21.5. The predicted octanol–water partition coefficient (Wildman–Crippen LogP) is 1.46. The molecular weight excluding hydrogens is 388 g/mol. The van der Waals surface area contributed by atoms with Crippen LogP contribution in [-0.4, -0.2) is 50.8 Å². The number of urea groups is 1. The van der Waals surface area contributed by atoms with Crippen LogP contribution in [0.15, 0.2) is 36.5 Å². The topological polar surface area (TPSA) is 111 Å². The molecule has 9 nitrogen and oxygen atoms in total. The Balaban J connectivity index is 1.52. The van der Waals surface area contributed by atoms with E-state index in [1.807, 2.05) is 24.8 Å². The Morgan fingerprint density at radius 3 is 2.63 bits per heavy atom. The molecule has 0 unspecified atom stereocenters. The average Bonchev–Trinajstić information content (AvgIpc) is 2.75. The van der Waals surface area contributed by atoms with Gasteiger partial charge in [0.15, 0.2) is 6.61 Å². The summed E-state index contributed by atoms with van der Waals surface area (Å²) in [5.74, 6) is -0.769. The van der Waals surface area contributed by atoms with Crippen LogP contribution < -0.4 is 20.5 Å². The van der Waals surface area contributed by atoms with Crippen LogP contribution in [0.25, 0.3) is 0 Å². The van der Waals surface area contributed by atoms with E-state index in [2.05, 4.69) is 15.6 Å². The van der Waals surface area contributed by atoms with Crippen molar-refractivity contribution < 1.29 is 28.8 Å². The molecule has 1 aromatic heterocycles. The van der Waals surface area contributed by atoms with Crippen LogP contribution in [-0.2, 0) is 14.3 Å². The summed E-state index contributed by atoms with van der Waals surface area (Å²) in [5, 5.41) is 4.72. The van der Waals surface area contributed by atoms with Gasteiger partial charge in [0.25, 0.3) is 11.7 Å². The number of amides is 3. The van der Waals surface area contributed by atoms with Crippen molar-refractivity contribution in [3.05, 3.63) is 53.2 Å². The van der Waals surface area contributed by atoms with Gasteiger partial charge < -0.3 is 14.8 Å². The number of aryl methyl sites for hydroxylation is 2. The van der Waals surface area contributed by atoms with Gasteiger partial charge in [-0.2, -0.15) is 0 Å². The van der Waals surface area contributed by atoms with E-state index in [9.17, 15) is 14.4 Å². The van der Waals surface area contributed by atoms with Crippen molar-refractivity contribution >= 4 is 29.4 Å². The van der Waals surface area contributed by atoms with Crippen LogP contribution >= 0.6 is 0 Å². The molecule has 3 amide bonds. The Kier molecular flexibility index (Phi) is 6.97. The summed E-state index contributed by atoms with van der Waals surface area (Å²) < 4.78 is 10.4. The van der Waals surface area contributed by atoms with Crippen LogP contribution in [0, 0.1) is 13.8 Å². The second-order valence-electron chi connectivity index (χ2n) is 6.91. The van der Waals surface area contributed by atoms with E-state index in [1.165, 1.54) is 0 Å². The highest BCUT2D eigenvalue weighted by atomic mass is 16.5. The fraction of sp³-hybridized carbons (Fsp3) is 0.333. The van der Waals surface area contributed by atoms with Crippen molar-refractivity contribution in [1.82, 2.24) is 5.32 Å². The minimum absolute atomic E-state index is 0.312.